The van der Waals surface area contributed by atoms with E-state index in [9.17, 15) is 14.4 Å². The zero-order valence-electron chi connectivity index (χ0n) is 21.2. The fourth-order valence-corrected chi connectivity index (χ4v) is 4.14. The molecule has 4 N–H and O–H groups in total. The van der Waals surface area contributed by atoms with Gasteiger partial charge in [0.15, 0.2) is 0 Å². The molecule has 196 valence electrons. The summed E-state index contributed by atoms with van der Waals surface area (Å²) in [5, 5.41) is 14.0. The number of nitrogens with one attached hydrogen (secondary N) is 3. The lowest BCUT2D eigenvalue weighted by molar-refractivity contribution is -0.124. The van der Waals surface area contributed by atoms with Gasteiger partial charge < -0.3 is 5.32 Å². The first kappa shape index (κ1) is 27.0. The number of amides is 4. The summed E-state index contributed by atoms with van der Waals surface area (Å²) in [6, 6.07) is 33.4. The van der Waals surface area contributed by atoms with E-state index >= 15 is 0 Å². The van der Waals surface area contributed by atoms with Crippen molar-refractivity contribution in [1.82, 2.24) is 16.1 Å². The maximum absolute atomic E-state index is 12.8. The van der Waals surface area contributed by atoms with E-state index in [-0.39, 0.29) is 6.04 Å². The third-order valence-electron chi connectivity index (χ3n) is 6.23. The van der Waals surface area contributed by atoms with E-state index in [4.69, 9.17) is 5.21 Å². The predicted octanol–water partition coefficient (Wildman–Crippen LogP) is 5.69. The average Bonchev–Trinajstić information content (AvgIpc) is 2.99. The van der Waals surface area contributed by atoms with Crippen LogP contribution in [0, 0.1) is 0 Å². The van der Waals surface area contributed by atoms with E-state index < -0.39 is 17.8 Å². The summed E-state index contributed by atoms with van der Waals surface area (Å²) in [7, 11) is 0. The number of carbonyl (C=O) groups is 3. The first-order chi connectivity index (χ1) is 19.0. The Hall–Kier alpha value is -5.01. The number of urea groups is 1. The second-order valence-electron chi connectivity index (χ2n) is 8.92. The third kappa shape index (κ3) is 7.99. The van der Waals surface area contributed by atoms with Crippen LogP contribution < -0.4 is 16.1 Å². The van der Waals surface area contributed by atoms with Gasteiger partial charge in [-0.05, 0) is 58.9 Å². The topological polar surface area (TPSA) is 108 Å². The van der Waals surface area contributed by atoms with Crippen LogP contribution in [-0.2, 0) is 11.2 Å². The summed E-state index contributed by atoms with van der Waals surface area (Å²) >= 11 is 0. The zero-order valence-corrected chi connectivity index (χ0v) is 21.2. The van der Waals surface area contributed by atoms with Gasteiger partial charge in [0.2, 0.25) is 0 Å². The Labute approximate surface area is 227 Å². The molecule has 7 nitrogen and oxygen atoms in total. The molecule has 0 spiro atoms. The molecular weight excluding hydrogens is 490 g/mol. The molecule has 0 heterocycles. The molecule has 0 aliphatic heterocycles. The number of aryl methyl sites for hydroxylation is 1. The van der Waals surface area contributed by atoms with Gasteiger partial charge in [-0.3, -0.25) is 20.1 Å². The van der Waals surface area contributed by atoms with Crippen molar-refractivity contribution in [2.24, 2.45) is 0 Å². The van der Waals surface area contributed by atoms with Crippen molar-refractivity contribution in [2.75, 3.05) is 0 Å². The van der Waals surface area contributed by atoms with Crippen LogP contribution in [-0.4, -0.2) is 23.1 Å². The normalized spacial score (nSPS) is 11.5. The molecule has 7 heteroatoms. The van der Waals surface area contributed by atoms with Gasteiger partial charge in [0.1, 0.15) is 0 Å². The minimum atomic E-state index is -0.628. The van der Waals surface area contributed by atoms with Gasteiger partial charge in [-0.1, -0.05) is 97.1 Å². The standard InChI is InChI=1S/C32H29N3O4/c36-30(35-39)22-16-24-13-19-27(20-14-24)29(33-32(38)34-31(37)28-9-5-2-6-10-28)21-15-23-11-17-26(18-12-23)25-7-3-1-4-8-25/h1-14,16-20,22,29,39H,15,21H2,(H,35,36)(H2,33,34,37,38). The zero-order chi connectivity index (χ0) is 27.5. The van der Waals surface area contributed by atoms with Crippen LogP contribution in [0.5, 0.6) is 0 Å². The molecule has 0 bridgehead atoms. The lowest BCUT2D eigenvalue weighted by atomic mass is 9.96. The first-order valence-corrected chi connectivity index (χ1v) is 12.5. The summed E-state index contributed by atoms with van der Waals surface area (Å²) in [6.07, 6.45) is 4.08. The predicted molar refractivity (Wildman–Crippen MR) is 151 cm³/mol. The highest BCUT2D eigenvalue weighted by Crippen LogP contribution is 2.23. The van der Waals surface area contributed by atoms with E-state index in [1.54, 1.807) is 41.9 Å². The Kier molecular flexibility index (Phi) is 9.37. The molecule has 0 aliphatic carbocycles. The van der Waals surface area contributed by atoms with Crippen LogP contribution in [0.1, 0.15) is 39.5 Å². The van der Waals surface area contributed by atoms with Crippen molar-refractivity contribution in [3.8, 4) is 11.1 Å². The van der Waals surface area contributed by atoms with Crippen molar-refractivity contribution < 1.29 is 19.6 Å². The molecule has 0 fully saturated rings. The molecule has 0 saturated carbocycles. The molecule has 1 unspecified atom stereocenters. The summed E-state index contributed by atoms with van der Waals surface area (Å²) in [5.41, 5.74) is 6.95. The van der Waals surface area contributed by atoms with Crippen molar-refractivity contribution in [1.29, 1.82) is 0 Å². The molecule has 39 heavy (non-hydrogen) atoms. The molecule has 1 atom stereocenters. The third-order valence-corrected chi connectivity index (χ3v) is 6.23. The highest BCUT2D eigenvalue weighted by molar-refractivity contribution is 6.04. The number of hydroxylamine groups is 1. The SMILES string of the molecule is O=C(C=Cc1ccc(C(CCc2ccc(-c3ccccc3)cc2)NC(=O)NC(=O)c2ccccc2)cc1)NO. The Morgan fingerprint density at radius 1 is 0.744 bits per heavy atom. The van der Waals surface area contributed by atoms with Gasteiger partial charge in [0.05, 0.1) is 6.04 Å². The smallest absolute Gasteiger partial charge is 0.322 e. The number of hydrogen-bond acceptors (Lipinski definition) is 4. The monoisotopic (exact) mass is 519 g/mol. The van der Waals surface area contributed by atoms with Crippen molar-refractivity contribution in [3.05, 3.63) is 138 Å². The minimum absolute atomic E-state index is 0.374. The Bertz CT molecular complexity index is 1420. The van der Waals surface area contributed by atoms with Gasteiger partial charge in [-0.15, -0.1) is 0 Å². The van der Waals surface area contributed by atoms with Crippen LogP contribution in [0.3, 0.4) is 0 Å². The van der Waals surface area contributed by atoms with E-state index in [0.29, 0.717) is 18.4 Å². The molecular formula is C32H29N3O4. The van der Waals surface area contributed by atoms with Crippen LogP contribution in [0.25, 0.3) is 17.2 Å². The largest absolute Gasteiger partial charge is 0.331 e. The fraction of sp³-hybridized carbons (Fsp3) is 0.0938. The summed E-state index contributed by atoms with van der Waals surface area (Å²) in [4.78, 5) is 36.5. The number of benzene rings is 4. The number of imide groups is 1. The van der Waals surface area contributed by atoms with Crippen molar-refractivity contribution in [2.45, 2.75) is 18.9 Å². The molecule has 4 amide bonds. The number of carbonyl (C=O) groups excluding carboxylic acids is 3. The second-order valence-corrected chi connectivity index (χ2v) is 8.92. The van der Waals surface area contributed by atoms with E-state index in [2.05, 4.69) is 47.0 Å². The van der Waals surface area contributed by atoms with Gasteiger partial charge in [-0.25, -0.2) is 10.3 Å². The Balaban J connectivity index is 1.47. The van der Waals surface area contributed by atoms with Crippen LogP contribution in [0.2, 0.25) is 0 Å². The average molecular weight is 520 g/mol. The van der Waals surface area contributed by atoms with Crippen LogP contribution >= 0.6 is 0 Å². The van der Waals surface area contributed by atoms with E-state index in [0.717, 1.165) is 27.8 Å². The Morgan fingerprint density at radius 3 is 2.00 bits per heavy atom. The Morgan fingerprint density at radius 2 is 1.36 bits per heavy atom. The molecule has 0 aromatic heterocycles. The fourth-order valence-electron chi connectivity index (χ4n) is 4.14. The molecule has 0 radical (unpaired) electrons. The van der Waals surface area contributed by atoms with Crippen molar-refractivity contribution >= 4 is 23.9 Å². The van der Waals surface area contributed by atoms with Crippen molar-refractivity contribution in [3.63, 3.8) is 0 Å². The highest BCUT2D eigenvalue weighted by Gasteiger charge is 2.17. The van der Waals surface area contributed by atoms with E-state index in [1.165, 1.54) is 6.08 Å². The van der Waals surface area contributed by atoms with Crippen LogP contribution in [0.15, 0.2) is 115 Å². The maximum Gasteiger partial charge on any atom is 0.322 e. The van der Waals surface area contributed by atoms with Gasteiger partial charge in [0, 0.05) is 11.6 Å². The lowest BCUT2D eigenvalue weighted by Crippen LogP contribution is -2.41. The number of hydrogen-bond donors (Lipinski definition) is 4. The quantitative estimate of drug-likeness (QED) is 0.130. The molecule has 0 saturated heterocycles. The van der Waals surface area contributed by atoms with Gasteiger partial charge >= 0.3 is 6.03 Å². The minimum Gasteiger partial charge on any atom is -0.331 e. The maximum atomic E-state index is 12.8. The molecule has 0 aliphatic rings. The van der Waals surface area contributed by atoms with Gasteiger partial charge in [0.25, 0.3) is 11.8 Å². The molecule has 4 aromatic rings. The van der Waals surface area contributed by atoms with Gasteiger partial charge in [-0.2, -0.15) is 0 Å². The molecule has 4 aromatic carbocycles. The lowest BCUT2D eigenvalue weighted by Gasteiger charge is -2.20. The van der Waals surface area contributed by atoms with E-state index in [1.807, 2.05) is 42.5 Å². The van der Waals surface area contributed by atoms with Crippen LogP contribution in [0.4, 0.5) is 4.79 Å². The molecule has 4 rings (SSSR count). The second kappa shape index (κ2) is 13.5. The number of rotatable bonds is 9. The first-order valence-electron chi connectivity index (χ1n) is 12.5. The summed E-state index contributed by atoms with van der Waals surface area (Å²) in [6.45, 7) is 0. The summed E-state index contributed by atoms with van der Waals surface area (Å²) < 4.78 is 0. The summed E-state index contributed by atoms with van der Waals surface area (Å²) in [5.74, 6) is -1.11. The highest BCUT2D eigenvalue weighted by atomic mass is 16.5.